The lowest BCUT2D eigenvalue weighted by atomic mass is 9.72. The number of aromatic nitrogens is 1. The number of aliphatic hydroxyl groups excluding tert-OH is 3. The fourth-order valence-electron chi connectivity index (χ4n) is 5.31. The number of hydrogen-bond acceptors (Lipinski definition) is 8. The normalized spacial score (nSPS) is 36.0. The fourth-order valence-corrected chi connectivity index (χ4v) is 5.31. The molecule has 1 saturated carbocycles. The largest absolute Gasteiger partial charge is 0.457 e. The minimum absolute atomic E-state index is 0.0308. The summed E-state index contributed by atoms with van der Waals surface area (Å²) in [5, 5.41) is 31.0. The number of Topliss-reactive ketones (excluding diaryl/α,β-unsaturated/α-hetero) is 1. The number of oxazole rings is 1. The number of aliphatic hydroxyl groups is 3. The van der Waals surface area contributed by atoms with Gasteiger partial charge in [-0.05, 0) is 56.1 Å². The van der Waals surface area contributed by atoms with Crippen molar-refractivity contribution >= 4 is 17.8 Å². The molecule has 0 amide bonds. The molecule has 3 N–H and O–H groups in total. The Morgan fingerprint density at radius 2 is 1.92 bits per heavy atom. The van der Waals surface area contributed by atoms with Crippen LogP contribution in [0.2, 0.25) is 0 Å². The first-order chi connectivity index (χ1) is 16.8. The van der Waals surface area contributed by atoms with Gasteiger partial charge in [0.15, 0.2) is 0 Å². The summed E-state index contributed by atoms with van der Waals surface area (Å²) in [5.41, 5.74) is 1.21. The predicted octanol–water partition coefficient (Wildman–Crippen LogP) is 3.84. The van der Waals surface area contributed by atoms with Crippen LogP contribution in [0.4, 0.5) is 0 Å². The zero-order chi connectivity index (χ0) is 26.8. The molecule has 0 aromatic carbocycles. The number of ketones is 1. The molecule has 1 aromatic rings. The van der Waals surface area contributed by atoms with Crippen molar-refractivity contribution < 1.29 is 34.1 Å². The van der Waals surface area contributed by atoms with Gasteiger partial charge in [-0.25, -0.2) is 4.98 Å². The summed E-state index contributed by atoms with van der Waals surface area (Å²) in [6.07, 6.45) is 4.61. The average molecular weight is 504 g/mol. The Morgan fingerprint density at radius 1 is 1.22 bits per heavy atom. The second-order valence-electron chi connectivity index (χ2n) is 11.3. The van der Waals surface area contributed by atoms with Gasteiger partial charge >= 0.3 is 5.97 Å². The molecule has 1 fully saturated rings. The van der Waals surface area contributed by atoms with Crippen molar-refractivity contribution in [2.75, 3.05) is 0 Å². The van der Waals surface area contributed by atoms with Crippen LogP contribution in [-0.2, 0) is 20.9 Å². The van der Waals surface area contributed by atoms with Crippen LogP contribution in [0.1, 0.15) is 78.8 Å². The molecule has 0 spiro atoms. The number of ether oxygens (including phenoxy) is 1. The first kappa shape index (κ1) is 28.3. The topological polar surface area (TPSA) is 130 Å². The Morgan fingerprint density at radius 3 is 2.56 bits per heavy atom. The van der Waals surface area contributed by atoms with Gasteiger partial charge < -0.3 is 24.5 Å². The summed E-state index contributed by atoms with van der Waals surface area (Å²) in [6, 6.07) is 0. The maximum Gasteiger partial charge on any atom is 0.309 e. The number of cyclic esters (lactones) is 1. The zero-order valence-corrected chi connectivity index (χ0v) is 22.2. The van der Waals surface area contributed by atoms with Crippen LogP contribution in [0.3, 0.4) is 0 Å². The molecule has 0 saturated heterocycles. The molecule has 1 aromatic heterocycles. The number of carbonyl (C=O) groups is 2. The molecule has 8 nitrogen and oxygen atoms in total. The van der Waals surface area contributed by atoms with Crippen molar-refractivity contribution in [3.8, 4) is 0 Å². The first-order valence-electron chi connectivity index (χ1n) is 12.8. The molecule has 8 heteroatoms. The standard InChI is InChI=1S/C28H41NO7/c1-15-7-8-22(16(2)10-20-14-35-24(13-30)29-20)36-25(32)12-23(31)28(5,6)27(34)18(4)26(33)17(3)21-11-19(21)9-15/h7,10,14,17-19,21-23,26,30-31,33H,8-9,11-13H2,1-6H3/b15-7-,16-10?/t17-,18-,19?,21?,22-,23+,26+/m1/s1. The van der Waals surface area contributed by atoms with Gasteiger partial charge in [0.1, 0.15) is 30.5 Å². The van der Waals surface area contributed by atoms with Crippen molar-refractivity contribution in [1.82, 2.24) is 4.98 Å². The Hall–Kier alpha value is -2.29. The van der Waals surface area contributed by atoms with E-state index in [4.69, 9.17) is 9.15 Å². The Balaban J connectivity index is 1.88. The van der Waals surface area contributed by atoms with E-state index >= 15 is 0 Å². The van der Waals surface area contributed by atoms with Crippen LogP contribution in [0, 0.1) is 29.1 Å². The van der Waals surface area contributed by atoms with Crippen LogP contribution in [0.5, 0.6) is 0 Å². The lowest BCUT2D eigenvalue weighted by Crippen LogP contribution is -2.46. The molecule has 1 aliphatic carbocycles. The molecule has 3 rings (SSSR count). The van der Waals surface area contributed by atoms with Crippen molar-refractivity contribution in [2.24, 2.45) is 29.1 Å². The lowest BCUT2D eigenvalue weighted by Gasteiger charge is -2.34. The third-order valence-electron chi connectivity index (χ3n) is 8.07. The smallest absolute Gasteiger partial charge is 0.309 e. The van der Waals surface area contributed by atoms with Crippen molar-refractivity contribution in [3.05, 3.63) is 35.1 Å². The second kappa shape index (κ2) is 11.4. The number of allylic oxidation sites excluding steroid dienone is 1. The van der Waals surface area contributed by atoms with E-state index in [0.29, 0.717) is 24.0 Å². The highest BCUT2D eigenvalue weighted by atomic mass is 16.5. The molecular formula is C28H41NO7. The van der Waals surface area contributed by atoms with Gasteiger partial charge in [0, 0.05) is 12.3 Å². The Bertz CT molecular complexity index is 1010. The van der Waals surface area contributed by atoms with Gasteiger partial charge in [0.05, 0.1) is 24.0 Å². The highest BCUT2D eigenvalue weighted by Gasteiger charge is 2.47. The van der Waals surface area contributed by atoms with E-state index in [-0.39, 0.29) is 30.6 Å². The van der Waals surface area contributed by atoms with Crippen LogP contribution in [0.15, 0.2) is 27.9 Å². The molecule has 0 bridgehead atoms. The monoisotopic (exact) mass is 503 g/mol. The summed E-state index contributed by atoms with van der Waals surface area (Å²) in [5.74, 6) is -0.568. The SMILES string of the molecule is CC(=Cc1coc(CO)n1)[C@H]1C/C=C(/C)CC2CC2[C@@H](C)[C@H](O)[C@@H](C)C(=O)C(C)(C)[C@@H](O)CC(=O)O1. The predicted molar refractivity (Wildman–Crippen MR) is 134 cm³/mol. The number of rotatable bonds is 3. The minimum atomic E-state index is -1.26. The van der Waals surface area contributed by atoms with E-state index in [0.717, 1.165) is 18.4 Å². The molecule has 2 heterocycles. The van der Waals surface area contributed by atoms with Crippen LogP contribution < -0.4 is 0 Å². The molecule has 0 radical (unpaired) electrons. The maximum absolute atomic E-state index is 13.3. The Labute approximate surface area is 213 Å². The van der Waals surface area contributed by atoms with Gasteiger partial charge in [-0.2, -0.15) is 0 Å². The molecule has 1 aliphatic heterocycles. The third kappa shape index (κ3) is 6.52. The quantitative estimate of drug-likeness (QED) is 0.419. The van der Waals surface area contributed by atoms with Crippen LogP contribution in [0.25, 0.3) is 6.08 Å². The van der Waals surface area contributed by atoms with Gasteiger partial charge in [-0.1, -0.05) is 39.3 Å². The third-order valence-corrected chi connectivity index (χ3v) is 8.07. The summed E-state index contributed by atoms with van der Waals surface area (Å²) in [4.78, 5) is 30.3. The van der Waals surface area contributed by atoms with Gasteiger partial charge in [0.2, 0.25) is 5.89 Å². The number of esters is 1. The van der Waals surface area contributed by atoms with Crippen molar-refractivity contribution in [2.45, 2.75) is 92.1 Å². The molecular weight excluding hydrogens is 462 g/mol. The highest BCUT2D eigenvalue weighted by Crippen LogP contribution is 2.50. The summed E-state index contributed by atoms with van der Waals surface area (Å²) < 4.78 is 11.0. The zero-order valence-electron chi connectivity index (χ0n) is 22.2. The van der Waals surface area contributed by atoms with E-state index in [9.17, 15) is 24.9 Å². The van der Waals surface area contributed by atoms with E-state index in [1.807, 2.05) is 13.8 Å². The number of fused-ring (bicyclic) bond motifs is 1. The van der Waals surface area contributed by atoms with Gasteiger partial charge in [-0.3, -0.25) is 9.59 Å². The van der Waals surface area contributed by atoms with Crippen molar-refractivity contribution in [1.29, 1.82) is 0 Å². The van der Waals surface area contributed by atoms with E-state index in [1.54, 1.807) is 26.8 Å². The summed E-state index contributed by atoms with van der Waals surface area (Å²) >= 11 is 0. The van der Waals surface area contributed by atoms with Crippen LogP contribution in [-0.4, -0.2) is 50.4 Å². The summed E-state index contributed by atoms with van der Waals surface area (Å²) in [7, 11) is 0. The lowest BCUT2D eigenvalue weighted by molar-refractivity contribution is -0.154. The van der Waals surface area contributed by atoms with Gasteiger partial charge in [0.25, 0.3) is 0 Å². The maximum atomic E-state index is 13.3. The Kier molecular flexibility index (Phi) is 8.96. The van der Waals surface area contributed by atoms with Gasteiger partial charge in [-0.15, -0.1) is 0 Å². The highest BCUT2D eigenvalue weighted by molar-refractivity contribution is 5.88. The minimum Gasteiger partial charge on any atom is -0.457 e. The molecule has 2 unspecified atom stereocenters. The van der Waals surface area contributed by atoms with E-state index < -0.39 is 35.6 Å². The molecule has 2 aliphatic rings. The summed E-state index contributed by atoms with van der Waals surface area (Å²) in [6.45, 7) is 10.5. The average Bonchev–Trinajstić information content (AvgIpc) is 3.44. The fraction of sp³-hybridized carbons (Fsp3) is 0.679. The molecule has 7 atom stereocenters. The van der Waals surface area contributed by atoms with E-state index in [2.05, 4.69) is 18.0 Å². The number of carbonyl (C=O) groups excluding carboxylic acids is 2. The number of hydrogen-bond donors (Lipinski definition) is 3. The van der Waals surface area contributed by atoms with E-state index in [1.165, 1.54) is 11.8 Å². The first-order valence-corrected chi connectivity index (χ1v) is 12.8. The molecule has 36 heavy (non-hydrogen) atoms. The van der Waals surface area contributed by atoms with Crippen LogP contribution >= 0.6 is 0 Å². The second-order valence-corrected chi connectivity index (χ2v) is 11.3. The molecule has 200 valence electrons. The number of nitrogens with zero attached hydrogens (tertiary/aromatic N) is 1. The van der Waals surface area contributed by atoms with Crippen molar-refractivity contribution in [3.63, 3.8) is 0 Å².